The third-order valence-electron chi connectivity index (χ3n) is 4.43. The zero-order valence-corrected chi connectivity index (χ0v) is 11.2. The molecule has 0 aromatic carbocycles. The van der Waals surface area contributed by atoms with E-state index in [1.807, 2.05) is 0 Å². The summed E-state index contributed by atoms with van der Waals surface area (Å²) in [5.41, 5.74) is 5.97. The molecule has 1 aliphatic carbocycles. The molecule has 3 nitrogen and oxygen atoms in total. The maximum atomic E-state index is 5.97. The second-order valence-corrected chi connectivity index (χ2v) is 5.62. The van der Waals surface area contributed by atoms with Gasteiger partial charge in [0.1, 0.15) is 0 Å². The van der Waals surface area contributed by atoms with Gasteiger partial charge >= 0.3 is 0 Å². The first-order valence-corrected chi connectivity index (χ1v) is 7.40. The van der Waals surface area contributed by atoms with Crippen molar-refractivity contribution in [2.45, 2.75) is 70.1 Å². The molecule has 0 aromatic heterocycles. The van der Waals surface area contributed by atoms with E-state index < -0.39 is 0 Å². The van der Waals surface area contributed by atoms with Crippen LogP contribution in [0.15, 0.2) is 0 Å². The highest BCUT2D eigenvalue weighted by molar-refractivity contribution is 4.81. The van der Waals surface area contributed by atoms with Gasteiger partial charge in [0.15, 0.2) is 0 Å². The van der Waals surface area contributed by atoms with Crippen LogP contribution in [0.5, 0.6) is 0 Å². The zero-order valence-electron chi connectivity index (χ0n) is 11.2. The van der Waals surface area contributed by atoms with Crippen LogP contribution < -0.4 is 5.73 Å². The molecular formula is C14H28N2O. The average Bonchev–Trinajstić information content (AvgIpc) is 2.85. The van der Waals surface area contributed by atoms with Gasteiger partial charge in [-0.3, -0.25) is 0 Å². The molecule has 2 fully saturated rings. The van der Waals surface area contributed by atoms with Gasteiger partial charge in [-0.2, -0.15) is 0 Å². The van der Waals surface area contributed by atoms with Crippen molar-refractivity contribution < 1.29 is 4.74 Å². The molecule has 0 spiro atoms. The van der Waals surface area contributed by atoms with Crippen LogP contribution >= 0.6 is 0 Å². The average molecular weight is 240 g/mol. The first-order chi connectivity index (χ1) is 8.29. The SMILES string of the molecule is CCN(CCC1CCCO1)C1CCC(N)CC1. The molecule has 100 valence electrons. The summed E-state index contributed by atoms with van der Waals surface area (Å²) in [4.78, 5) is 2.65. The Kier molecular flexibility index (Phi) is 5.26. The van der Waals surface area contributed by atoms with E-state index in [0.29, 0.717) is 12.1 Å². The normalized spacial score (nSPS) is 34.4. The molecule has 0 bridgehead atoms. The molecule has 17 heavy (non-hydrogen) atoms. The minimum Gasteiger partial charge on any atom is -0.378 e. The first-order valence-electron chi connectivity index (χ1n) is 7.40. The third kappa shape index (κ3) is 3.94. The van der Waals surface area contributed by atoms with Crippen LogP contribution in [0, 0.1) is 0 Å². The summed E-state index contributed by atoms with van der Waals surface area (Å²) in [7, 11) is 0. The van der Waals surface area contributed by atoms with Crippen LogP contribution in [0.25, 0.3) is 0 Å². The molecule has 0 aromatic rings. The second kappa shape index (κ2) is 6.72. The van der Waals surface area contributed by atoms with Crippen molar-refractivity contribution >= 4 is 0 Å². The van der Waals surface area contributed by atoms with E-state index in [1.54, 1.807) is 0 Å². The van der Waals surface area contributed by atoms with Crippen molar-refractivity contribution in [2.75, 3.05) is 19.7 Å². The highest BCUT2D eigenvalue weighted by atomic mass is 16.5. The summed E-state index contributed by atoms with van der Waals surface area (Å²) >= 11 is 0. The molecule has 0 amide bonds. The fraction of sp³-hybridized carbons (Fsp3) is 1.00. The van der Waals surface area contributed by atoms with Crippen molar-refractivity contribution in [1.82, 2.24) is 4.90 Å². The van der Waals surface area contributed by atoms with Gasteiger partial charge in [-0.25, -0.2) is 0 Å². The van der Waals surface area contributed by atoms with E-state index in [0.717, 1.165) is 12.6 Å². The third-order valence-corrected chi connectivity index (χ3v) is 4.43. The summed E-state index contributed by atoms with van der Waals surface area (Å²) in [5, 5.41) is 0. The lowest BCUT2D eigenvalue weighted by Crippen LogP contribution is -2.41. The van der Waals surface area contributed by atoms with E-state index in [-0.39, 0.29) is 0 Å². The van der Waals surface area contributed by atoms with Crippen molar-refractivity contribution in [3.05, 3.63) is 0 Å². The van der Waals surface area contributed by atoms with E-state index in [9.17, 15) is 0 Å². The number of nitrogens with two attached hydrogens (primary N) is 1. The van der Waals surface area contributed by atoms with Gasteiger partial charge in [-0.15, -0.1) is 0 Å². The summed E-state index contributed by atoms with van der Waals surface area (Å²) in [6, 6.07) is 1.24. The molecule has 1 unspecified atom stereocenters. The Morgan fingerprint density at radius 2 is 1.94 bits per heavy atom. The number of rotatable bonds is 5. The Bertz CT molecular complexity index is 208. The maximum absolute atomic E-state index is 5.97. The number of nitrogens with zero attached hydrogens (tertiary/aromatic N) is 1. The number of ether oxygens (including phenoxy) is 1. The zero-order chi connectivity index (χ0) is 12.1. The fourth-order valence-electron chi connectivity index (χ4n) is 3.25. The van der Waals surface area contributed by atoms with Crippen molar-refractivity contribution in [1.29, 1.82) is 0 Å². The monoisotopic (exact) mass is 240 g/mol. The summed E-state index contributed by atoms with van der Waals surface area (Å²) in [6.07, 6.45) is 9.29. The number of hydrogen-bond acceptors (Lipinski definition) is 3. The minimum absolute atomic E-state index is 0.461. The molecule has 1 heterocycles. The molecule has 1 atom stereocenters. The van der Waals surface area contributed by atoms with Crippen molar-refractivity contribution in [3.8, 4) is 0 Å². The molecular weight excluding hydrogens is 212 g/mol. The maximum Gasteiger partial charge on any atom is 0.0588 e. The lowest BCUT2D eigenvalue weighted by Gasteiger charge is -2.35. The van der Waals surface area contributed by atoms with Gasteiger partial charge in [-0.05, 0) is 51.5 Å². The highest BCUT2D eigenvalue weighted by Crippen LogP contribution is 2.23. The molecule has 2 N–H and O–H groups in total. The Hall–Kier alpha value is -0.120. The number of hydrogen-bond donors (Lipinski definition) is 1. The van der Waals surface area contributed by atoms with Crippen LogP contribution in [0.3, 0.4) is 0 Å². The standard InChI is InChI=1S/C14H28N2O/c1-2-16(10-9-14-4-3-11-17-14)13-7-5-12(15)6-8-13/h12-14H,2-11,15H2,1H3. The lowest BCUT2D eigenvalue weighted by atomic mass is 9.90. The van der Waals surface area contributed by atoms with E-state index in [2.05, 4.69) is 11.8 Å². The summed E-state index contributed by atoms with van der Waals surface area (Å²) in [6.45, 7) is 5.65. The molecule has 3 heteroatoms. The molecule has 2 aliphatic rings. The minimum atomic E-state index is 0.461. The fourth-order valence-corrected chi connectivity index (χ4v) is 3.25. The molecule has 1 saturated heterocycles. The predicted molar refractivity (Wildman–Crippen MR) is 71.1 cm³/mol. The van der Waals surface area contributed by atoms with E-state index in [1.165, 1.54) is 58.0 Å². The topological polar surface area (TPSA) is 38.5 Å². The van der Waals surface area contributed by atoms with Gasteiger partial charge < -0.3 is 15.4 Å². The van der Waals surface area contributed by atoms with Gasteiger partial charge in [0.2, 0.25) is 0 Å². The van der Waals surface area contributed by atoms with Gasteiger partial charge in [0, 0.05) is 25.2 Å². The Balaban J connectivity index is 1.71. The largest absolute Gasteiger partial charge is 0.378 e. The Labute approximate surface area is 106 Å². The van der Waals surface area contributed by atoms with E-state index >= 15 is 0 Å². The van der Waals surface area contributed by atoms with Crippen LogP contribution in [-0.2, 0) is 4.74 Å². The Morgan fingerprint density at radius 3 is 2.53 bits per heavy atom. The molecule has 0 radical (unpaired) electrons. The molecule has 1 saturated carbocycles. The van der Waals surface area contributed by atoms with Crippen molar-refractivity contribution in [3.63, 3.8) is 0 Å². The molecule has 1 aliphatic heterocycles. The summed E-state index contributed by atoms with van der Waals surface area (Å²) in [5.74, 6) is 0. The van der Waals surface area contributed by atoms with Crippen LogP contribution in [-0.4, -0.2) is 42.8 Å². The van der Waals surface area contributed by atoms with E-state index in [4.69, 9.17) is 10.5 Å². The molecule has 2 rings (SSSR count). The highest BCUT2D eigenvalue weighted by Gasteiger charge is 2.24. The Morgan fingerprint density at radius 1 is 1.18 bits per heavy atom. The van der Waals surface area contributed by atoms with Gasteiger partial charge in [0.05, 0.1) is 6.10 Å². The van der Waals surface area contributed by atoms with Gasteiger partial charge in [-0.1, -0.05) is 6.92 Å². The predicted octanol–water partition coefficient (Wildman–Crippen LogP) is 2.15. The first kappa shape index (κ1) is 13.3. The van der Waals surface area contributed by atoms with Crippen LogP contribution in [0.1, 0.15) is 51.9 Å². The van der Waals surface area contributed by atoms with Crippen LogP contribution in [0.2, 0.25) is 0 Å². The second-order valence-electron chi connectivity index (χ2n) is 5.62. The van der Waals surface area contributed by atoms with Gasteiger partial charge in [0.25, 0.3) is 0 Å². The van der Waals surface area contributed by atoms with Crippen molar-refractivity contribution in [2.24, 2.45) is 5.73 Å². The quantitative estimate of drug-likeness (QED) is 0.800. The lowest BCUT2D eigenvalue weighted by molar-refractivity contribution is 0.0789. The summed E-state index contributed by atoms with van der Waals surface area (Å²) < 4.78 is 5.71. The van der Waals surface area contributed by atoms with Crippen LogP contribution in [0.4, 0.5) is 0 Å². The smallest absolute Gasteiger partial charge is 0.0588 e.